The molecule has 20 heavy (non-hydrogen) atoms. The maximum atomic E-state index is 8.69. The van der Waals surface area contributed by atoms with Crippen LogP contribution in [0, 0.1) is 5.41 Å². The first-order valence-electron chi connectivity index (χ1n) is 7.09. The van der Waals surface area contributed by atoms with Gasteiger partial charge in [0.25, 0.3) is 0 Å². The van der Waals surface area contributed by atoms with Crippen molar-refractivity contribution in [1.82, 2.24) is 4.90 Å². The van der Waals surface area contributed by atoms with Crippen LogP contribution in [-0.2, 0) is 5.41 Å². The van der Waals surface area contributed by atoms with E-state index in [9.17, 15) is 0 Å². The van der Waals surface area contributed by atoms with Gasteiger partial charge in [-0.05, 0) is 24.5 Å². The Morgan fingerprint density at radius 1 is 0.950 bits per heavy atom. The number of benzene rings is 2. The molecule has 1 aliphatic heterocycles. The molecule has 2 aromatic carbocycles. The molecule has 0 unspecified atom stereocenters. The molecule has 2 heteroatoms. The second kappa shape index (κ2) is 4.78. The second-order valence-electron chi connectivity index (χ2n) is 5.65. The smallest absolute Gasteiger partial charge is 0.111 e. The number of nitrogens with zero attached hydrogens (tertiary/aromatic N) is 1. The van der Waals surface area contributed by atoms with Crippen LogP contribution in [0.5, 0.6) is 0 Å². The van der Waals surface area contributed by atoms with Crippen molar-refractivity contribution in [1.29, 1.82) is 5.41 Å². The number of hydrogen-bond acceptors (Lipinski definition) is 1. The Morgan fingerprint density at radius 3 is 1.75 bits per heavy atom. The lowest BCUT2D eigenvalue weighted by atomic mass is 9.72. The lowest BCUT2D eigenvalue weighted by Gasteiger charge is -2.30. The summed E-state index contributed by atoms with van der Waals surface area (Å²) in [5.74, 6) is 0.697. The van der Waals surface area contributed by atoms with E-state index in [4.69, 9.17) is 5.41 Å². The van der Waals surface area contributed by atoms with Crippen molar-refractivity contribution < 1.29 is 0 Å². The van der Waals surface area contributed by atoms with Crippen molar-refractivity contribution in [3.05, 3.63) is 71.8 Å². The van der Waals surface area contributed by atoms with Crippen LogP contribution in [0.4, 0.5) is 0 Å². The number of likely N-dealkylation sites (tertiary alicyclic amines) is 1. The Labute approximate surface area is 120 Å². The lowest BCUT2D eigenvalue weighted by molar-refractivity contribution is 0.415. The fraction of sp³-hybridized carbons (Fsp3) is 0.278. The van der Waals surface area contributed by atoms with Crippen LogP contribution in [0.2, 0.25) is 0 Å². The predicted octanol–water partition coefficient (Wildman–Crippen LogP) is 3.67. The summed E-state index contributed by atoms with van der Waals surface area (Å²) in [5, 5.41) is 8.69. The molecule has 0 radical (unpaired) electrons. The van der Waals surface area contributed by atoms with Crippen molar-refractivity contribution >= 4 is 5.84 Å². The van der Waals surface area contributed by atoms with Crippen LogP contribution >= 0.6 is 0 Å². The van der Waals surface area contributed by atoms with Gasteiger partial charge in [-0.3, -0.25) is 5.41 Å². The molecule has 2 nitrogen and oxygen atoms in total. The zero-order chi connectivity index (χ0) is 14.2. The largest absolute Gasteiger partial charge is 0.360 e. The van der Waals surface area contributed by atoms with Crippen LogP contribution < -0.4 is 0 Å². The summed E-state index contributed by atoms with van der Waals surface area (Å²) in [7, 11) is 2.03. The van der Waals surface area contributed by atoms with E-state index in [1.807, 2.05) is 19.2 Å². The zero-order valence-corrected chi connectivity index (χ0v) is 12.0. The molecule has 0 aliphatic carbocycles. The number of rotatable bonds is 2. The highest BCUT2D eigenvalue weighted by atomic mass is 15.2. The maximum absolute atomic E-state index is 8.69. The molecule has 2 aromatic rings. The third-order valence-corrected chi connectivity index (χ3v) is 4.55. The fourth-order valence-corrected chi connectivity index (χ4v) is 3.32. The Balaban J connectivity index is 2.22. The van der Waals surface area contributed by atoms with E-state index < -0.39 is 0 Å². The third-order valence-electron chi connectivity index (χ3n) is 4.55. The number of nitrogens with one attached hydrogen (secondary N) is 1. The highest BCUT2D eigenvalue weighted by Crippen LogP contribution is 2.44. The first-order valence-corrected chi connectivity index (χ1v) is 7.09. The van der Waals surface area contributed by atoms with Crippen LogP contribution in [0.15, 0.2) is 60.7 Å². The molecule has 1 saturated heterocycles. The van der Waals surface area contributed by atoms with E-state index in [1.54, 1.807) is 0 Å². The minimum absolute atomic E-state index is 0.309. The molecule has 1 N–H and O–H groups in total. The molecule has 1 atom stereocenters. The molecule has 1 aliphatic rings. The molecule has 3 rings (SSSR count). The molecular formula is C18H20N2. The Kier molecular flexibility index (Phi) is 3.09. The molecule has 102 valence electrons. The summed E-state index contributed by atoms with van der Waals surface area (Å²) < 4.78 is 0. The molecule has 0 bridgehead atoms. The Hall–Kier alpha value is -2.09. The Bertz CT molecular complexity index is 564. The first-order chi connectivity index (χ1) is 9.66. The first kappa shape index (κ1) is 12.9. The van der Waals surface area contributed by atoms with Crippen LogP contribution in [-0.4, -0.2) is 23.8 Å². The normalized spacial score (nSPS) is 21.2. The van der Waals surface area contributed by atoms with E-state index in [2.05, 4.69) is 60.4 Å². The summed E-state index contributed by atoms with van der Waals surface area (Å²) in [6.07, 6.45) is 0.955. The molecule has 0 saturated carbocycles. The average Bonchev–Trinajstić information content (AvgIpc) is 2.74. The molecular weight excluding hydrogens is 244 g/mol. The van der Waals surface area contributed by atoms with Gasteiger partial charge in [0.05, 0.1) is 5.41 Å². The number of likely N-dealkylation sites (N-methyl/N-ethyl adjacent to an activating group) is 1. The van der Waals surface area contributed by atoms with Gasteiger partial charge in [0, 0.05) is 13.1 Å². The summed E-state index contributed by atoms with van der Waals surface area (Å²) in [6, 6.07) is 21.3. The SMILES string of the molecule is C[C@H]1CC(c2ccccc2)(c2ccccc2)C(=N)N1C. The van der Waals surface area contributed by atoms with Crippen molar-refractivity contribution in [2.24, 2.45) is 0 Å². The van der Waals surface area contributed by atoms with E-state index >= 15 is 0 Å². The summed E-state index contributed by atoms with van der Waals surface area (Å²) in [4.78, 5) is 2.10. The minimum atomic E-state index is -0.309. The summed E-state index contributed by atoms with van der Waals surface area (Å²) >= 11 is 0. The summed E-state index contributed by atoms with van der Waals surface area (Å²) in [6.45, 7) is 2.20. The van der Waals surface area contributed by atoms with Crippen molar-refractivity contribution in [3.8, 4) is 0 Å². The van der Waals surface area contributed by atoms with Gasteiger partial charge < -0.3 is 4.90 Å². The lowest BCUT2D eigenvalue weighted by Crippen LogP contribution is -2.37. The predicted molar refractivity (Wildman–Crippen MR) is 83.2 cm³/mol. The monoisotopic (exact) mass is 264 g/mol. The van der Waals surface area contributed by atoms with Crippen molar-refractivity contribution in [2.45, 2.75) is 24.8 Å². The van der Waals surface area contributed by atoms with Gasteiger partial charge in [0.15, 0.2) is 0 Å². The maximum Gasteiger partial charge on any atom is 0.111 e. The molecule has 0 aromatic heterocycles. The Morgan fingerprint density at radius 2 is 1.40 bits per heavy atom. The van der Waals surface area contributed by atoms with E-state index in [0.717, 1.165) is 6.42 Å². The second-order valence-corrected chi connectivity index (χ2v) is 5.65. The average molecular weight is 264 g/mol. The van der Waals surface area contributed by atoms with Crippen LogP contribution in [0.1, 0.15) is 24.5 Å². The standard InChI is InChI=1S/C18H20N2/c1-14-13-18(17(19)20(14)2,15-9-5-3-6-10-15)16-11-7-4-8-12-16/h3-12,14,19H,13H2,1-2H3/t14-/m0/s1. The van der Waals surface area contributed by atoms with Crippen molar-refractivity contribution in [2.75, 3.05) is 7.05 Å². The van der Waals surface area contributed by atoms with Gasteiger partial charge in [-0.1, -0.05) is 60.7 Å². The van der Waals surface area contributed by atoms with E-state index in [1.165, 1.54) is 11.1 Å². The van der Waals surface area contributed by atoms with Crippen LogP contribution in [0.3, 0.4) is 0 Å². The van der Waals surface area contributed by atoms with Crippen molar-refractivity contribution in [3.63, 3.8) is 0 Å². The zero-order valence-electron chi connectivity index (χ0n) is 12.0. The van der Waals surface area contributed by atoms with Gasteiger partial charge in [-0.25, -0.2) is 0 Å². The molecule has 1 heterocycles. The third kappa shape index (κ3) is 1.75. The van der Waals surface area contributed by atoms with E-state index in [0.29, 0.717) is 11.9 Å². The molecule has 0 spiro atoms. The van der Waals surface area contributed by atoms with Gasteiger partial charge in [0.1, 0.15) is 5.84 Å². The number of amidine groups is 1. The van der Waals surface area contributed by atoms with Gasteiger partial charge in [-0.15, -0.1) is 0 Å². The molecule has 0 amide bonds. The van der Waals surface area contributed by atoms with E-state index in [-0.39, 0.29) is 5.41 Å². The highest BCUT2D eigenvalue weighted by Gasteiger charge is 2.48. The number of hydrogen-bond donors (Lipinski definition) is 1. The minimum Gasteiger partial charge on any atom is -0.360 e. The van der Waals surface area contributed by atoms with Crippen LogP contribution in [0.25, 0.3) is 0 Å². The summed E-state index contributed by atoms with van der Waals surface area (Å²) in [5.41, 5.74) is 2.12. The topological polar surface area (TPSA) is 27.1 Å². The molecule has 1 fully saturated rings. The van der Waals surface area contributed by atoms with Gasteiger partial charge >= 0.3 is 0 Å². The van der Waals surface area contributed by atoms with Gasteiger partial charge in [-0.2, -0.15) is 0 Å². The fourth-order valence-electron chi connectivity index (χ4n) is 3.32. The van der Waals surface area contributed by atoms with Gasteiger partial charge in [0.2, 0.25) is 0 Å². The highest BCUT2D eigenvalue weighted by molar-refractivity contribution is 5.96. The quantitative estimate of drug-likeness (QED) is 0.880.